The van der Waals surface area contributed by atoms with Crippen LogP contribution in [0.5, 0.6) is 5.75 Å². The Labute approximate surface area is 124 Å². The van der Waals surface area contributed by atoms with Gasteiger partial charge in [0.25, 0.3) is 0 Å². The normalized spacial score (nSPS) is 15.9. The highest BCUT2D eigenvalue weighted by atomic mass is 16.5. The summed E-state index contributed by atoms with van der Waals surface area (Å²) in [5.74, 6) is 0.991. The van der Waals surface area contributed by atoms with Crippen LogP contribution in [0.3, 0.4) is 0 Å². The third-order valence-corrected chi connectivity index (χ3v) is 4.41. The van der Waals surface area contributed by atoms with Gasteiger partial charge in [0.05, 0.1) is 12.5 Å². The summed E-state index contributed by atoms with van der Waals surface area (Å²) in [5, 5.41) is 4.18. The largest absolute Gasteiger partial charge is 0.497 e. The monoisotopic (exact) mass is 286 g/mol. The van der Waals surface area contributed by atoms with E-state index in [2.05, 4.69) is 17.2 Å². The molecular weight excluding hydrogens is 264 g/mol. The lowest BCUT2D eigenvalue weighted by molar-refractivity contribution is -0.123. The van der Waals surface area contributed by atoms with Gasteiger partial charge in [0, 0.05) is 23.6 Å². The van der Waals surface area contributed by atoms with Crippen LogP contribution in [-0.4, -0.2) is 24.5 Å². The van der Waals surface area contributed by atoms with Crippen LogP contribution in [0.25, 0.3) is 10.9 Å². The minimum absolute atomic E-state index is 0.166. The molecule has 4 nitrogen and oxygen atoms in total. The molecule has 1 heterocycles. The first-order chi connectivity index (χ1) is 10.2. The van der Waals surface area contributed by atoms with Crippen molar-refractivity contribution in [1.29, 1.82) is 0 Å². The van der Waals surface area contributed by atoms with Crippen LogP contribution < -0.4 is 10.1 Å². The van der Waals surface area contributed by atoms with Gasteiger partial charge in [0.2, 0.25) is 5.91 Å². The number of rotatable bonds is 6. The second-order valence-electron chi connectivity index (χ2n) is 5.81. The summed E-state index contributed by atoms with van der Waals surface area (Å²) in [6.45, 7) is 2.90. The zero-order valence-corrected chi connectivity index (χ0v) is 12.7. The number of amides is 1. The molecule has 2 N–H and O–H groups in total. The highest BCUT2D eigenvalue weighted by molar-refractivity contribution is 5.97. The molecule has 1 aromatic carbocycles. The Bertz CT molecular complexity index is 656. The van der Waals surface area contributed by atoms with E-state index in [4.69, 9.17) is 4.74 Å². The smallest absolute Gasteiger partial charge is 0.230 e. The molecule has 1 fully saturated rings. The SMILES string of the molecule is CCCCNC(=O)C1(c2c[nH]c3ccc(OC)cc23)CC1. The van der Waals surface area contributed by atoms with Crippen LogP contribution in [-0.2, 0) is 10.2 Å². The second-order valence-corrected chi connectivity index (χ2v) is 5.81. The van der Waals surface area contributed by atoms with E-state index in [1.165, 1.54) is 0 Å². The number of methoxy groups -OCH3 is 1. The predicted molar refractivity (Wildman–Crippen MR) is 83.7 cm³/mol. The van der Waals surface area contributed by atoms with E-state index in [0.29, 0.717) is 0 Å². The number of unbranched alkanes of at least 4 members (excludes halogenated alkanes) is 1. The average molecular weight is 286 g/mol. The van der Waals surface area contributed by atoms with E-state index < -0.39 is 0 Å². The van der Waals surface area contributed by atoms with Crippen molar-refractivity contribution in [3.63, 3.8) is 0 Å². The minimum atomic E-state index is -0.335. The Morgan fingerprint density at radius 1 is 1.43 bits per heavy atom. The molecule has 0 spiro atoms. The van der Waals surface area contributed by atoms with Gasteiger partial charge >= 0.3 is 0 Å². The highest BCUT2D eigenvalue weighted by Gasteiger charge is 2.52. The molecule has 0 atom stereocenters. The molecular formula is C17H22N2O2. The van der Waals surface area contributed by atoms with E-state index in [0.717, 1.165) is 54.4 Å². The lowest BCUT2D eigenvalue weighted by atomic mass is 9.94. The molecule has 0 radical (unpaired) electrons. The molecule has 1 saturated carbocycles. The number of aromatic nitrogens is 1. The summed E-state index contributed by atoms with van der Waals surface area (Å²) in [5.41, 5.74) is 1.82. The molecule has 1 aliphatic rings. The fourth-order valence-electron chi connectivity index (χ4n) is 2.91. The molecule has 112 valence electrons. The topological polar surface area (TPSA) is 54.1 Å². The Morgan fingerprint density at radius 2 is 2.24 bits per heavy atom. The lowest BCUT2D eigenvalue weighted by Gasteiger charge is -2.15. The van der Waals surface area contributed by atoms with Crippen LogP contribution in [0.15, 0.2) is 24.4 Å². The number of H-pyrrole nitrogens is 1. The van der Waals surface area contributed by atoms with Crippen molar-refractivity contribution in [2.75, 3.05) is 13.7 Å². The zero-order chi connectivity index (χ0) is 14.9. The maximum atomic E-state index is 12.5. The van der Waals surface area contributed by atoms with Crippen LogP contribution in [0.2, 0.25) is 0 Å². The van der Waals surface area contributed by atoms with Crippen LogP contribution in [0.4, 0.5) is 0 Å². The molecule has 21 heavy (non-hydrogen) atoms. The van der Waals surface area contributed by atoms with Gasteiger partial charge in [0.15, 0.2) is 0 Å². The van der Waals surface area contributed by atoms with E-state index >= 15 is 0 Å². The van der Waals surface area contributed by atoms with Crippen LogP contribution >= 0.6 is 0 Å². The van der Waals surface area contributed by atoms with Crippen LogP contribution in [0.1, 0.15) is 38.2 Å². The quantitative estimate of drug-likeness (QED) is 0.802. The van der Waals surface area contributed by atoms with Crippen molar-refractivity contribution in [2.24, 2.45) is 0 Å². The summed E-state index contributed by atoms with van der Waals surface area (Å²) < 4.78 is 5.31. The maximum absolute atomic E-state index is 12.5. The minimum Gasteiger partial charge on any atom is -0.497 e. The predicted octanol–water partition coefficient (Wildman–Crippen LogP) is 3.12. The molecule has 3 rings (SSSR count). The van der Waals surface area contributed by atoms with Gasteiger partial charge < -0.3 is 15.0 Å². The van der Waals surface area contributed by atoms with Gasteiger partial charge in [0.1, 0.15) is 5.75 Å². The number of hydrogen-bond donors (Lipinski definition) is 2. The molecule has 1 aromatic heterocycles. The molecule has 0 aliphatic heterocycles. The summed E-state index contributed by atoms with van der Waals surface area (Å²) in [4.78, 5) is 15.8. The van der Waals surface area contributed by atoms with Crippen molar-refractivity contribution in [2.45, 2.75) is 38.0 Å². The van der Waals surface area contributed by atoms with E-state index in [1.54, 1.807) is 7.11 Å². The molecule has 2 aromatic rings. The van der Waals surface area contributed by atoms with Gasteiger partial charge in [-0.2, -0.15) is 0 Å². The van der Waals surface area contributed by atoms with E-state index in [9.17, 15) is 4.79 Å². The van der Waals surface area contributed by atoms with Crippen molar-refractivity contribution in [3.8, 4) is 5.75 Å². The molecule has 0 bridgehead atoms. The number of nitrogens with one attached hydrogen (secondary N) is 2. The molecule has 1 amide bonds. The third kappa shape index (κ3) is 2.39. The molecule has 4 heteroatoms. The highest BCUT2D eigenvalue weighted by Crippen LogP contribution is 2.51. The fourth-order valence-corrected chi connectivity index (χ4v) is 2.91. The summed E-state index contributed by atoms with van der Waals surface area (Å²) >= 11 is 0. The van der Waals surface area contributed by atoms with Crippen molar-refractivity contribution < 1.29 is 9.53 Å². The number of carbonyl (C=O) groups excluding carboxylic acids is 1. The Hall–Kier alpha value is -1.97. The van der Waals surface area contributed by atoms with Gasteiger partial charge in [-0.05, 0) is 43.0 Å². The molecule has 1 aliphatic carbocycles. The maximum Gasteiger partial charge on any atom is 0.230 e. The first-order valence-corrected chi connectivity index (χ1v) is 7.65. The van der Waals surface area contributed by atoms with Gasteiger partial charge in [-0.1, -0.05) is 13.3 Å². The van der Waals surface area contributed by atoms with Crippen molar-refractivity contribution in [3.05, 3.63) is 30.0 Å². The summed E-state index contributed by atoms with van der Waals surface area (Å²) in [6, 6.07) is 5.95. The van der Waals surface area contributed by atoms with Crippen LogP contribution in [0, 0.1) is 0 Å². The molecule has 0 saturated heterocycles. The first kappa shape index (κ1) is 14.0. The van der Waals surface area contributed by atoms with E-state index in [-0.39, 0.29) is 11.3 Å². The van der Waals surface area contributed by atoms with Gasteiger partial charge in [-0.15, -0.1) is 0 Å². The first-order valence-electron chi connectivity index (χ1n) is 7.65. The number of carbonyl (C=O) groups is 1. The summed E-state index contributed by atoms with van der Waals surface area (Å²) in [6.07, 6.45) is 5.96. The Morgan fingerprint density at radius 3 is 2.90 bits per heavy atom. The Balaban J connectivity index is 1.90. The van der Waals surface area contributed by atoms with Crippen molar-refractivity contribution in [1.82, 2.24) is 10.3 Å². The number of aromatic amines is 1. The average Bonchev–Trinajstić information content (AvgIpc) is 3.21. The zero-order valence-electron chi connectivity index (χ0n) is 12.7. The van der Waals surface area contributed by atoms with Gasteiger partial charge in [-0.3, -0.25) is 4.79 Å². The van der Waals surface area contributed by atoms with Gasteiger partial charge in [-0.25, -0.2) is 0 Å². The number of benzene rings is 1. The fraction of sp³-hybridized carbons (Fsp3) is 0.471. The standard InChI is InChI=1S/C17H22N2O2/c1-3-4-9-18-16(20)17(7-8-17)14-11-19-15-6-5-12(21-2)10-13(14)15/h5-6,10-11,19H,3-4,7-9H2,1-2H3,(H,18,20). The number of ether oxygens (including phenoxy) is 1. The van der Waals surface area contributed by atoms with E-state index in [1.807, 2.05) is 24.4 Å². The molecule has 0 unspecified atom stereocenters. The number of fused-ring (bicyclic) bond motifs is 1. The Kier molecular flexibility index (Phi) is 3.62. The second kappa shape index (κ2) is 5.43. The summed E-state index contributed by atoms with van der Waals surface area (Å²) in [7, 11) is 1.66. The van der Waals surface area contributed by atoms with Crippen molar-refractivity contribution >= 4 is 16.8 Å². The third-order valence-electron chi connectivity index (χ3n) is 4.41. The lowest BCUT2D eigenvalue weighted by Crippen LogP contribution is -2.35. The number of hydrogen-bond acceptors (Lipinski definition) is 2.